The largest absolute Gasteiger partial charge is 0.493 e. The smallest absolute Gasteiger partial charge is 0.293 e. The molecule has 0 aromatic heterocycles. The zero-order chi connectivity index (χ0) is 18.7. The number of halogens is 2. The van der Waals surface area contributed by atoms with E-state index in [9.17, 15) is 14.0 Å². The van der Waals surface area contributed by atoms with Crippen LogP contribution in [-0.2, 0) is 11.3 Å². The average molecular weight is 392 g/mol. The summed E-state index contributed by atoms with van der Waals surface area (Å²) in [5, 5.41) is 0.0507. The van der Waals surface area contributed by atoms with Crippen molar-refractivity contribution in [1.29, 1.82) is 0 Å². The maximum absolute atomic E-state index is 13.8. The molecule has 0 spiro atoms. The maximum Gasteiger partial charge on any atom is 0.293 e. The van der Waals surface area contributed by atoms with Crippen molar-refractivity contribution in [3.05, 3.63) is 69.3 Å². The highest BCUT2D eigenvalue weighted by molar-refractivity contribution is 8.18. The fourth-order valence-electron chi connectivity index (χ4n) is 2.49. The Kier molecular flexibility index (Phi) is 5.64. The van der Waals surface area contributed by atoms with Gasteiger partial charge in [0.15, 0.2) is 0 Å². The van der Waals surface area contributed by atoms with Crippen molar-refractivity contribution in [1.82, 2.24) is 4.90 Å². The van der Waals surface area contributed by atoms with Crippen LogP contribution in [0.3, 0.4) is 0 Å². The molecule has 0 atom stereocenters. The Labute approximate surface area is 159 Å². The minimum absolute atomic E-state index is 0.109. The lowest BCUT2D eigenvalue weighted by Crippen LogP contribution is -2.27. The van der Waals surface area contributed by atoms with E-state index >= 15 is 0 Å². The summed E-state index contributed by atoms with van der Waals surface area (Å²) < 4.78 is 19.4. The van der Waals surface area contributed by atoms with Gasteiger partial charge in [-0.15, -0.1) is 0 Å². The Bertz CT molecular complexity index is 900. The standard InChI is InChI=1S/C19H15ClFNO3S/c1-2-25-16-8-7-14(20)9-13(16)10-17-18(23)22(19(24)26-17)11-12-5-3-4-6-15(12)21/h3-10H,2,11H2,1H3/b17-10-. The summed E-state index contributed by atoms with van der Waals surface area (Å²) in [5.41, 5.74) is 0.893. The number of nitrogens with zero attached hydrogens (tertiary/aromatic N) is 1. The first-order valence-corrected chi connectivity index (χ1v) is 9.10. The maximum atomic E-state index is 13.8. The first-order chi connectivity index (χ1) is 12.5. The zero-order valence-corrected chi connectivity index (χ0v) is 15.4. The highest BCUT2D eigenvalue weighted by atomic mass is 35.5. The predicted octanol–water partition coefficient (Wildman–Crippen LogP) is 5.11. The summed E-state index contributed by atoms with van der Waals surface area (Å²) in [7, 11) is 0. The van der Waals surface area contributed by atoms with E-state index in [0.29, 0.717) is 22.9 Å². The average Bonchev–Trinajstić information content (AvgIpc) is 2.87. The van der Waals surface area contributed by atoms with E-state index in [1.54, 1.807) is 42.5 Å². The molecule has 7 heteroatoms. The van der Waals surface area contributed by atoms with Crippen molar-refractivity contribution in [3.8, 4) is 5.75 Å². The second kappa shape index (κ2) is 7.93. The highest BCUT2D eigenvalue weighted by Gasteiger charge is 2.35. The molecular weight excluding hydrogens is 377 g/mol. The summed E-state index contributed by atoms with van der Waals surface area (Å²) in [6, 6.07) is 11.1. The van der Waals surface area contributed by atoms with Gasteiger partial charge in [0.25, 0.3) is 11.1 Å². The molecule has 134 valence electrons. The number of hydrogen-bond acceptors (Lipinski definition) is 4. The van der Waals surface area contributed by atoms with Crippen LogP contribution in [0.5, 0.6) is 5.75 Å². The molecule has 2 amide bonds. The first-order valence-electron chi connectivity index (χ1n) is 7.90. The number of carbonyl (C=O) groups excluding carboxylic acids is 2. The summed E-state index contributed by atoms with van der Waals surface area (Å²) in [6.45, 7) is 2.19. The molecule has 0 N–H and O–H groups in total. The van der Waals surface area contributed by atoms with Crippen molar-refractivity contribution in [2.45, 2.75) is 13.5 Å². The Morgan fingerprint density at radius 3 is 2.73 bits per heavy atom. The third-order valence-corrected chi connectivity index (χ3v) is 4.86. The number of amides is 2. The summed E-state index contributed by atoms with van der Waals surface area (Å²) in [6.07, 6.45) is 1.57. The number of ether oxygens (including phenoxy) is 1. The number of rotatable bonds is 5. The van der Waals surface area contributed by atoms with E-state index in [4.69, 9.17) is 16.3 Å². The quantitative estimate of drug-likeness (QED) is 0.664. The molecule has 0 aliphatic carbocycles. The predicted molar refractivity (Wildman–Crippen MR) is 101 cm³/mol. The minimum atomic E-state index is -0.467. The van der Waals surface area contributed by atoms with Crippen LogP contribution >= 0.6 is 23.4 Å². The van der Waals surface area contributed by atoms with Crippen LogP contribution in [0.4, 0.5) is 9.18 Å². The van der Waals surface area contributed by atoms with Gasteiger partial charge in [0.1, 0.15) is 11.6 Å². The van der Waals surface area contributed by atoms with Crippen molar-refractivity contribution < 1.29 is 18.7 Å². The van der Waals surface area contributed by atoms with Crippen molar-refractivity contribution in [3.63, 3.8) is 0 Å². The lowest BCUT2D eigenvalue weighted by molar-refractivity contribution is -0.123. The molecule has 0 saturated carbocycles. The summed E-state index contributed by atoms with van der Waals surface area (Å²) in [5.74, 6) is -0.354. The van der Waals surface area contributed by atoms with Gasteiger partial charge in [0.05, 0.1) is 18.1 Å². The van der Waals surface area contributed by atoms with E-state index in [1.807, 2.05) is 6.92 Å². The van der Waals surface area contributed by atoms with Gasteiger partial charge >= 0.3 is 0 Å². The lowest BCUT2D eigenvalue weighted by Gasteiger charge is -2.13. The number of imide groups is 1. The van der Waals surface area contributed by atoms with Crippen molar-refractivity contribution >= 4 is 40.6 Å². The third kappa shape index (κ3) is 3.92. The fraction of sp³-hybridized carbons (Fsp3) is 0.158. The molecule has 0 radical (unpaired) electrons. The SMILES string of the molecule is CCOc1ccc(Cl)cc1/C=C1\SC(=O)N(Cc2ccccc2F)C1=O. The van der Waals surface area contributed by atoms with E-state index in [2.05, 4.69) is 0 Å². The molecule has 1 fully saturated rings. The van der Waals surface area contributed by atoms with Crippen LogP contribution in [-0.4, -0.2) is 22.7 Å². The first kappa shape index (κ1) is 18.5. The van der Waals surface area contributed by atoms with Crippen molar-refractivity contribution in [2.24, 2.45) is 0 Å². The second-order valence-electron chi connectivity index (χ2n) is 5.47. The Balaban J connectivity index is 1.88. The fourth-order valence-corrected chi connectivity index (χ4v) is 3.50. The molecule has 2 aromatic rings. The van der Waals surface area contributed by atoms with Gasteiger partial charge in [0, 0.05) is 16.1 Å². The number of hydrogen-bond donors (Lipinski definition) is 0. The molecule has 1 saturated heterocycles. The van der Waals surface area contributed by atoms with Crippen LogP contribution in [0, 0.1) is 5.82 Å². The van der Waals surface area contributed by atoms with E-state index < -0.39 is 17.0 Å². The summed E-state index contributed by atoms with van der Waals surface area (Å²) in [4.78, 5) is 26.1. The minimum Gasteiger partial charge on any atom is -0.493 e. The Morgan fingerprint density at radius 2 is 2.00 bits per heavy atom. The van der Waals surface area contributed by atoms with Gasteiger partial charge in [-0.05, 0) is 49.0 Å². The molecule has 1 aliphatic heterocycles. The van der Waals surface area contributed by atoms with Crippen LogP contribution in [0.25, 0.3) is 6.08 Å². The number of carbonyl (C=O) groups is 2. The molecule has 0 bridgehead atoms. The molecule has 1 aliphatic rings. The molecule has 2 aromatic carbocycles. The van der Waals surface area contributed by atoms with Crippen LogP contribution in [0.15, 0.2) is 47.4 Å². The van der Waals surface area contributed by atoms with Gasteiger partial charge in [-0.2, -0.15) is 0 Å². The monoisotopic (exact) mass is 391 g/mol. The lowest BCUT2D eigenvalue weighted by atomic mass is 10.1. The Hall–Kier alpha value is -2.31. The second-order valence-corrected chi connectivity index (χ2v) is 6.90. The third-order valence-electron chi connectivity index (χ3n) is 3.72. The van der Waals surface area contributed by atoms with Crippen molar-refractivity contribution in [2.75, 3.05) is 6.61 Å². The topological polar surface area (TPSA) is 46.6 Å². The van der Waals surface area contributed by atoms with Crippen LogP contribution in [0.1, 0.15) is 18.1 Å². The molecular formula is C19H15ClFNO3S. The van der Waals surface area contributed by atoms with E-state index in [0.717, 1.165) is 16.7 Å². The van der Waals surface area contributed by atoms with E-state index in [1.165, 1.54) is 6.07 Å². The van der Waals surface area contributed by atoms with Gasteiger partial charge in [-0.3, -0.25) is 14.5 Å². The van der Waals surface area contributed by atoms with Gasteiger partial charge in [-0.25, -0.2) is 4.39 Å². The number of thioether (sulfide) groups is 1. The molecule has 4 nitrogen and oxygen atoms in total. The Morgan fingerprint density at radius 1 is 1.23 bits per heavy atom. The zero-order valence-electron chi connectivity index (χ0n) is 13.9. The van der Waals surface area contributed by atoms with Crippen LogP contribution < -0.4 is 4.74 Å². The summed E-state index contributed by atoms with van der Waals surface area (Å²) >= 11 is 6.84. The molecule has 26 heavy (non-hydrogen) atoms. The molecule has 1 heterocycles. The van der Waals surface area contributed by atoms with Gasteiger partial charge in [-0.1, -0.05) is 29.8 Å². The molecule has 0 unspecified atom stereocenters. The normalized spacial score (nSPS) is 15.8. The highest BCUT2D eigenvalue weighted by Crippen LogP contribution is 2.35. The van der Waals surface area contributed by atoms with E-state index in [-0.39, 0.29) is 17.0 Å². The van der Waals surface area contributed by atoms with Gasteiger partial charge < -0.3 is 4.74 Å². The molecule has 3 rings (SSSR count). The van der Waals surface area contributed by atoms with Gasteiger partial charge in [0.2, 0.25) is 0 Å². The number of benzene rings is 2. The van der Waals surface area contributed by atoms with Crippen LogP contribution in [0.2, 0.25) is 5.02 Å².